The van der Waals surface area contributed by atoms with Crippen LogP contribution < -0.4 is 0 Å². The van der Waals surface area contributed by atoms with Crippen LogP contribution in [-0.2, 0) is 4.79 Å². The highest BCUT2D eigenvalue weighted by atomic mass is 32.1. The molecule has 4 nitrogen and oxygen atoms in total. The zero-order valence-corrected chi connectivity index (χ0v) is 9.95. The van der Waals surface area contributed by atoms with E-state index in [1.165, 1.54) is 0 Å². The Balaban J connectivity index is 2.36. The molecule has 1 aromatic heterocycles. The van der Waals surface area contributed by atoms with Crippen LogP contribution in [0.4, 0.5) is 0 Å². The monoisotopic (exact) mass is 236 g/mol. The van der Waals surface area contributed by atoms with E-state index in [2.05, 4.69) is 0 Å². The molecule has 0 atom stereocenters. The van der Waals surface area contributed by atoms with Gasteiger partial charge in [0.25, 0.3) is 5.91 Å². The Morgan fingerprint density at radius 1 is 1.56 bits per heavy atom. The van der Waals surface area contributed by atoms with Gasteiger partial charge in [0.15, 0.2) is 5.11 Å². The van der Waals surface area contributed by atoms with Gasteiger partial charge < -0.3 is 9.32 Å². The highest BCUT2D eigenvalue weighted by Crippen LogP contribution is 2.21. The van der Waals surface area contributed by atoms with E-state index >= 15 is 0 Å². The molecule has 2 heterocycles. The molecule has 0 bridgehead atoms. The first kappa shape index (κ1) is 10.9. The molecule has 84 valence electrons. The van der Waals surface area contributed by atoms with Crippen LogP contribution in [0.25, 0.3) is 6.08 Å². The number of hydrogen-bond acceptors (Lipinski definition) is 3. The van der Waals surface area contributed by atoms with E-state index in [1.54, 1.807) is 41.3 Å². The average Bonchev–Trinajstić information content (AvgIpc) is 2.83. The Morgan fingerprint density at radius 3 is 2.81 bits per heavy atom. The lowest BCUT2D eigenvalue weighted by Gasteiger charge is -2.13. The minimum atomic E-state index is -0.0774. The van der Waals surface area contributed by atoms with E-state index in [-0.39, 0.29) is 5.91 Å². The van der Waals surface area contributed by atoms with Crippen molar-refractivity contribution >= 4 is 29.3 Å². The van der Waals surface area contributed by atoms with Gasteiger partial charge in [-0.05, 0) is 31.3 Å². The highest BCUT2D eigenvalue weighted by Gasteiger charge is 2.34. The molecule has 1 fully saturated rings. The van der Waals surface area contributed by atoms with Crippen molar-refractivity contribution in [3.05, 3.63) is 29.9 Å². The second kappa shape index (κ2) is 4.09. The van der Waals surface area contributed by atoms with E-state index < -0.39 is 0 Å². The molecule has 5 heteroatoms. The van der Waals surface area contributed by atoms with Crippen LogP contribution in [0.2, 0.25) is 0 Å². The van der Waals surface area contributed by atoms with Gasteiger partial charge in [-0.15, -0.1) is 0 Å². The molecular weight excluding hydrogens is 224 g/mol. The lowest BCUT2D eigenvalue weighted by atomic mass is 10.3. The molecular formula is C11H12N2O2S. The quantitative estimate of drug-likeness (QED) is 0.578. The Kier molecular flexibility index (Phi) is 2.78. The number of hydrogen-bond donors (Lipinski definition) is 0. The number of amides is 1. The van der Waals surface area contributed by atoms with Crippen molar-refractivity contribution < 1.29 is 9.21 Å². The van der Waals surface area contributed by atoms with Crippen molar-refractivity contribution in [2.75, 3.05) is 13.6 Å². The summed E-state index contributed by atoms with van der Waals surface area (Å²) in [6.07, 6.45) is 3.27. The fourth-order valence-corrected chi connectivity index (χ4v) is 1.91. The molecule has 16 heavy (non-hydrogen) atoms. The molecule has 0 aromatic carbocycles. The number of carbonyl (C=O) groups excluding carboxylic acids is 1. The van der Waals surface area contributed by atoms with Gasteiger partial charge in [0.1, 0.15) is 11.5 Å². The zero-order valence-electron chi connectivity index (χ0n) is 9.14. The Hall–Kier alpha value is -1.62. The second-order valence-corrected chi connectivity index (χ2v) is 3.80. The van der Waals surface area contributed by atoms with Gasteiger partial charge in [0, 0.05) is 19.7 Å². The van der Waals surface area contributed by atoms with Crippen LogP contribution in [0.3, 0.4) is 0 Å². The van der Waals surface area contributed by atoms with E-state index in [9.17, 15) is 4.79 Å². The van der Waals surface area contributed by atoms with Crippen molar-refractivity contribution in [3.63, 3.8) is 0 Å². The fraction of sp³-hybridized carbons (Fsp3) is 0.273. The van der Waals surface area contributed by atoms with Gasteiger partial charge in [-0.3, -0.25) is 9.69 Å². The number of thiocarbonyl (C=S) groups is 1. The van der Waals surface area contributed by atoms with E-state index in [0.29, 0.717) is 23.1 Å². The van der Waals surface area contributed by atoms with Gasteiger partial charge in [0.2, 0.25) is 0 Å². The molecule has 1 aliphatic heterocycles. The third kappa shape index (κ3) is 1.63. The molecule has 0 aliphatic carbocycles. The van der Waals surface area contributed by atoms with Crippen molar-refractivity contribution in [3.8, 4) is 0 Å². The Bertz CT molecular complexity index is 451. The van der Waals surface area contributed by atoms with Gasteiger partial charge in [-0.25, -0.2) is 0 Å². The minimum Gasteiger partial charge on any atom is -0.465 e. The van der Waals surface area contributed by atoms with Crippen molar-refractivity contribution in [1.82, 2.24) is 9.80 Å². The number of rotatable bonds is 2. The SMILES string of the molecule is CCN1C(=O)C(=Cc2ccco2)N(C)C1=S. The predicted octanol–water partition coefficient (Wildman–Crippen LogP) is 1.70. The van der Waals surface area contributed by atoms with Gasteiger partial charge in [-0.2, -0.15) is 0 Å². The van der Waals surface area contributed by atoms with Crippen molar-refractivity contribution in [2.24, 2.45) is 0 Å². The smallest absolute Gasteiger partial charge is 0.276 e. The zero-order chi connectivity index (χ0) is 11.7. The maximum absolute atomic E-state index is 12.0. The maximum Gasteiger partial charge on any atom is 0.276 e. The fourth-order valence-electron chi connectivity index (χ4n) is 1.60. The van der Waals surface area contributed by atoms with Crippen LogP contribution >= 0.6 is 12.2 Å². The lowest BCUT2D eigenvalue weighted by Crippen LogP contribution is -2.30. The summed E-state index contributed by atoms with van der Waals surface area (Å²) in [4.78, 5) is 15.2. The number of nitrogens with zero attached hydrogens (tertiary/aromatic N) is 2. The Morgan fingerprint density at radius 2 is 2.31 bits per heavy atom. The number of furan rings is 1. The van der Waals surface area contributed by atoms with E-state index in [1.807, 2.05) is 6.92 Å². The van der Waals surface area contributed by atoms with Gasteiger partial charge >= 0.3 is 0 Å². The Labute approximate surface area is 99.1 Å². The summed E-state index contributed by atoms with van der Waals surface area (Å²) in [6.45, 7) is 2.48. The molecule has 0 spiro atoms. The van der Waals surface area contributed by atoms with Crippen molar-refractivity contribution in [2.45, 2.75) is 6.92 Å². The molecule has 1 aliphatic rings. The molecule has 1 amide bonds. The van der Waals surface area contributed by atoms with Crippen LogP contribution in [0.1, 0.15) is 12.7 Å². The molecule has 0 saturated carbocycles. The second-order valence-electron chi connectivity index (χ2n) is 3.44. The standard InChI is InChI=1S/C11H12N2O2S/c1-3-13-10(14)9(12(2)11(13)16)7-8-5-4-6-15-8/h4-7H,3H2,1-2H3. The summed E-state index contributed by atoms with van der Waals surface area (Å²) in [6, 6.07) is 3.58. The number of carbonyl (C=O) groups is 1. The average molecular weight is 236 g/mol. The first-order chi connectivity index (χ1) is 7.65. The molecule has 1 saturated heterocycles. The topological polar surface area (TPSA) is 36.7 Å². The largest absolute Gasteiger partial charge is 0.465 e. The third-order valence-corrected chi connectivity index (χ3v) is 2.98. The summed E-state index contributed by atoms with van der Waals surface area (Å²) < 4.78 is 5.18. The van der Waals surface area contributed by atoms with Crippen molar-refractivity contribution in [1.29, 1.82) is 0 Å². The van der Waals surface area contributed by atoms with Crippen LogP contribution in [0.15, 0.2) is 28.5 Å². The summed E-state index contributed by atoms with van der Waals surface area (Å²) in [5, 5.41) is 0.533. The molecule has 0 N–H and O–H groups in total. The lowest BCUT2D eigenvalue weighted by molar-refractivity contribution is -0.122. The van der Waals surface area contributed by atoms with Crippen LogP contribution in [-0.4, -0.2) is 34.4 Å². The maximum atomic E-state index is 12.0. The summed E-state index contributed by atoms with van der Waals surface area (Å²) >= 11 is 5.17. The van der Waals surface area contributed by atoms with Gasteiger partial charge in [0.05, 0.1) is 6.26 Å². The van der Waals surface area contributed by atoms with Crippen LogP contribution in [0, 0.1) is 0 Å². The van der Waals surface area contributed by atoms with Crippen LogP contribution in [0.5, 0.6) is 0 Å². The first-order valence-corrected chi connectivity index (χ1v) is 5.40. The molecule has 0 radical (unpaired) electrons. The minimum absolute atomic E-state index is 0.0774. The van der Waals surface area contributed by atoms with E-state index in [0.717, 1.165) is 0 Å². The number of likely N-dealkylation sites (N-methyl/N-ethyl adjacent to an activating group) is 2. The third-order valence-electron chi connectivity index (χ3n) is 2.48. The highest BCUT2D eigenvalue weighted by molar-refractivity contribution is 7.80. The molecule has 1 aromatic rings. The first-order valence-electron chi connectivity index (χ1n) is 5.00. The van der Waals surface area contributed by atoms with E-state index in [4.69, 9.17) is 16.6 Å². The summed E-state index contributed by atoms with van der Waals surface area (Å²) in [5.41, 5.74) is 0.543. The summed E-state index contributed by atoms with van der Waals surface area (Å²) in [7, 11) is 1.78. The predicted molar refractivity (Wildman–Crippen MR) is 64.4 cm³/mol. The molecule has 2 rings (SSSR count). The molecule has 0 unspecified atom stereocenters. The summed E-state index contributed by atoms with van der Waals surface area (Å²) in [5.74, 6) is 0.572. The normalized spacial score (nSPS) is 19.0. The van der Waals surface area contributed by atoms with Gasteiger partial charge in [-0.1, -0.05) is 0 Å².